The van der Waals surface area contributed by atoms with Gasteiger partial charge in [-0.05, 0) is 67.9 Å². The molecule has 0 amide bonds. The number of likely N-dealkylation sites (tertiary alicyclic amines) is 1. The maximum Gasteiger partial charge on any atom is 0.181 e. The van der Waals surface area contributed by atoms with Crippen molar-refractivity contribution >= 4 is 21.9 Å². The number of nitrogens with one attached hydrogen (secondary N) is 2. The lowest BCUT2D eigenvalue weighted by atomic mass is 10.0. The van der Waals surface area contributed by atoms with Crippen LogP contribution in [0.3, 0.4) is 0 Å². The summed E-state index contributed by atoms with van der Waals surface area (Å²) in [6, 6.07) is 14.7. The summed E-state index contributed by atoms with van der Waals surface area (Å²) < 4.78 is 20.6. The Balaban J connectivity index is 1.23. The van der Waals surface area contributed by atoms with Gasteiger partial charge in [0.1, 0.15) is 18.2 Å². The monoisotopic (exact) mass is 519 g/mol. The summed E-state index contributed by atoms with van der Waals surface area (Å²) in [5.41, 5.74) is 6.36. The zero-order chi connectivity index (χ0) is 26.2. The third-order valence-corrected chi connectivity index (χ3v) is 7.24. The molecule has 1 saturated heterocycles. The molecule has 6 heterocycles. The largest absolute Gasteiger partial charge is 0.492 e. The number of pyridine rings is 3. The molecule has 0 radical (unpaired) electrons. The summed E-state index contributed by atoms with van der Waals surface area (Å²) >= 11 is 0. The second-order valence-electron chi connectivity index (χ2n) is 9.81. The molecule has 5 aromatic heterocycles. The molecular formula is C30H26FN7O. The van der Waals surface area contributed by atoms with Crippen LogP contribution in [0.4, 0.5) is 4.39 Å². The zero-order valence-electron chi connectivity index (χ0n) is 21.2. The van der Waals surface area contributed by atoms with Crippen molar-refractivity contribution in [3.8, 4) is 39.5 Å². The Bertz CT molecular complexity index is 1770. The van der Waals surface area contributed by atoms with E-state index in [9.17, 15) is 4.39 Å². The van der Waals surface area contributed by atoms with Crippen LogP contribution in [0.2, 0.25) is 0 Å². The van der Waals surface area contributed by atoms with Crippen LogP contribution in [0, 0.1) is 5.82 Å². The molecule has 0 unspecified atom stereocenters. The minimum atomic E-state index is -0.343. The predicted molar refractivity (Wildman–Crippen MR) is 149 cm³/mol. The van der Waals surface area contributed by atoms with Gasteiger partial charge in [0.15, 0.2) is 5.65 Å². The highest BCUT2D eigenvalue weighted by Crippen LogP contribution is 2.35. The van der Waals surface area contributed by atoms with Crippen LogP contribution < -0.4 is 4.74 Å². The highest BCUT2D eigenvalue weighted by atomic mass is 19.1. The van der Waals surface area contributed by atoms with Crippen molar-refractivity contribution in [2.24, 2.45) is 0 Å². The number of hydrogen-bond donors (Lipinski definition) is 2. The number of benzene rings is 1. The Labute approximate surface area is 223 Å². The summed E-state index contributed by atoms with van der Waals surface area (Å²) in [4.78, 5) is 19.2. The average molecular weight is 520 g/mol. The van der Waals surface area contributed by atoms with Gasteiger partial charge in [0.25, 0.3) is 0 Å². The lowest BCUT2D eigenvalue weighted by molar-refractivity contribution is 0.237. The summed E-state index contributed by atoms with van der Waals surface area (Å²) in [6.07, 6.45) is 9.53. The van der Waals surface area contributed by atoms with E-state index < -0.39 is 0 Å². The summed E-state index contributed by atoms with van der Waals surface area (Å²) in [6.45, 7) is 3.58. The fourth-order valence-corrected chi connectivity index (χ4v) is 5.29. The molecular weight excluding hydrogens is 493 g/mol. The van der Waals surface area contributed by atoms with Crippen LogP contribution in [0.5, 0.6) is 5.75 Å². The second kappa shape index (κ2) is 9.92. The van der Waals surface area contributed by atoms with Crippen molar-refractivity contribution < 1.29 is 9.13 Å². The van der Waals surface area contributed by atoms with Crippen molar-refractivity contribution in [1.82, 2.24) is 35.0 Å². The Kier molecular flexibility index (Phi) is 5.97. The molecule has 7 rings (SSSR count). The highest BCUT2D eigenvalue weighted by molar-refractivity contribution is 6.00. The van der Waals surface area contributed by atoms with Gasteiger partial charge in [-0.15, -0.1) is 0 Å². The van der Waals surface area contributed by atoms with Crippen molar-refractivity contribution in [3.63, 3.8) is 0 Å². The van der Waals surface area contributed by atoms with Crippen LogP contribution in [0.15, 0.2) is 73.3 Å². The molecule has 39 heavy (non-hydrogen) atoms. The first kappa shape index (κ1) is 23.5. The van der Waals surface area contributed by atoms with E-state index in [0.29, 0.717) is 23.6 Å². The number of H-pyrrole nitrogens is 2. The fraction of sp³-hybridized carbons (Fsp3) is 0.200. The molecule has 194 valence electrons. The molecule has 0 saturated carbocycles. The standard InChI is InChI=1S/C30H26FN7O/c31-21-11-19(12-22(14-21)39-10-9-38-7-3-4-8-38)25-17-32-18-28-23(25)15-27(35-28)29-24-13-20(16-34-30(24)37-36-29)26-5-1-2-6-33-26/h1-2,5-6,11-18,35H,3-4,7-10H2,(H,34,36,37). The van der Waals surface area contributed by atoms with Gasteiger partial charge in [-0.25, -0.2) is 9.37 Å². The lowest BCUT2D eigenvalue weighted by Crippen LogP contribution is -2.25. The highest BCUT2D eigenvalue weighted by Gasteiger charge is 2.16. The van der Waals surface area contributed by atoms with E-state index in [0.717, 1.165) is 64.1 Å². The molecule has 0 atom stereocenters. The van der Waals surface area contributed by atoms with E-state index in [4.69, 9.17) is 4.74 Å². The summed E-state index contributed by atoms with van der Waals surface area (Å²) in [5, 5.41) is 9.32. The predicted octanol–water partition coefficient (Wildman–Crippen LogP) is 5.84. The first-order valence-corrected chi connectivity index (χ1v) is 13.1. The molecule has 8 nitrogen and oxygen atoms in total. The van der Waals surface area contributed by atoms with Gasteiger partial charge in [-0.1, -0.05) is 6.07 Å². The van der Waals surface area contributed by atoms with E-state index in [2.05, 4.69) is 35.0 Å². The molecule has 1 fully saturated rings. The first-order valence-electron chi connectivity index (χ1n) is 13.1. The van der Waals surface area contributed by atoms with Crippen LogP contribution in [-0.4, -0.2) is 61.3 Å². The Morgan fingerprint density at radius 1 is 0.923 bits per heavy atom. The number of aromatic nitrogens is 6. The summed E-state index contributed by atoms with van der Waals surface area (Å²) in [5.74, 6) is 0.175. The molecule has 1 aliphatic heterocycles. The number of hydrogen-bond acceptors (Lipinski definition) is 6. The fourth-order valence-electron chi connectivity index (χ4n) is 5.29. The molecule has 0 spiro atoms. The van der Waals surface area contributed by atoms with E-state index in [1.165, 1.54) is 25.0 Å². The first-order chi connectivity index (χ1) is 19.2. The third-order valence-electron chi connectivity index (χ3n) is 7.24. The zero-order valence-corrected chi connectivity index (χ0v) is 21.2. The van der Waals surface area contributed by atoms with Crippen LogP contribution >= 0.6 is 0 Å². The van der Waals surface area contributed by atoms with E-state index in [1.54, 1.807) is 24.8 Å². The second-order valence-corrected chi connectivity index (χ2v) is 9.81. The van der Waals surface area contributed by atoms with Crippen molar-refractivity contribution in [2.75, 3.05) is 26.2 Å². The van der Waals surface area contributed by atoms with Gasteiger partial charge < -0.3 is 9.72 Å². The molecule has 9 heteroatoms. The maximum absolute atomic E-state index is 14.7. The van der Waals surface area contributed by atoms with Crippen molar-refractivity contribution in [2.45, 2.75) is 12.8 Å². The van der Waals surface area contributed by atoms with Gasteiger partial charge in [0.05, 0.1) is 28.8 Å². The lowest BCUT2D eigenvalue weighted by Gasteiger charge is -2.15. The van der Waals surface area contributed by atoms with Crippen LogP contribution in [0.25, 0.3) is 55.7 Å². The van der Waals surface area contributed by atoms with Gasteiger partial charge in [0, 0.05) is 53.1 Å². The van der Waals surface area contributed by atoms with E-state index in [1.807, 2.05) is 36.4 Å². The van der Waals surface area contributed by atoms with E-state index in [-0.39, 0.29) is 5.82 Å². The maximum atomic E-state index is 14.7. The topological polar surface area (TPSA) is 95.6 Å². The molecule has 0 bridgehead atoms. The SMILES string of the molecule is Fc1cc(OCCN2CCCC2)cc(-c2cncc3[nH]c(-c4[nH]nc5ncc(-c6ccccn6)cc45)cc23)c1. The molecule has 1 aromatic carbocycles. The number of halogens is 1. The Morgan fingerprint density at radius 2 is 1.85 bits per heavy atom. The minimum absolute atomic E-state index is 0.343. The van der Waals surface area contributed by atoms with Crippen LogP contribution in [-0.2, 0) is 0 Å². The average Bonchev–Trinajstić information content (AvgIpc) is 3.72. The van der Waals surface area contributed by atoms with Gasteiger partial charge in [0.2, 0.25) is 0 Å². The van der Waals surface area contributed by atoms with Gasteiger partial charge in [-0.2, -0.15) is 5.10 Å². The number of rotatable bonds is 7. The van der Waals surface area contributed by atoms with Gasteiger partial charge >= 0.3 is 0 Å². The number of ether oxygens (including phenoxy) is 1. The number of fused-ring (bicyclic) bond motifs is 2. The normalized spacial score (nSPS) is 14.0. The van der Waals surface area contributed by atoms with Gasteiger partial charge in [-0.3, -0.25) is 20.0 Å². The molecule has 0 aliphatic carbocycles. The summed E-state index contributed by atoms with van der Waals surface area (Å²) in [7, 11) is 0. The number of aromatic amines is 2. The van der Waals surface area contributed by atoms with Crippen molar-refractivity contribution in [3.05, 3.63) is 79.1 Å². The smallest absolute Gasteiger partial charge is 0.181 e. The third kappa shape index (κ3) is 4.61. The van der Waals surface area contributed by atoms with E-state index >= 15 is 0 Å². The quantitative estimate of drug-likeness (QED) is 0.275. The molecule has 2 N–H and O–H groups in total. The minimum Gasteiger partial charge on any atom is -0.492 e. The molecule has 1 aliphatic rings. The molecule has 6 aromatic rings. The number of nitrogens with zero attached hydrogens (tertiary/aromatic N) is 5. The Morgan fingerprint density at radius 3 is 2.72 bits per heavy atom. The Hall–Kier alpha value is -4.63. The van der Waals surface area contributed by atoms with Crippen molar-refractivity contribution in [1.29, 1.82) is 0 Å². The van der Waals surface area contributed by atoms with Crippen LogP contribution in [0.1, 0.15) is 12.8 Å².